The van der Waals surface area contributed by atoms with Gasteiger partial charge in [0.1, 0.15) is 5.82 Å². The summed E-state index contributed by atoms with van der Waals surface area (Å²) in [6.07, 6.45) is 4.30. The highest BCUT2D eigenvalue weighted by molar-refractivity contribution is 5.46. The van der Waals surface area contributed by atoms with E-state index in [2.05, 4.69) is 5.32 Å². The molecule has 1 fully saturated rings. The van der Waals surface area contributed by atoms with Gasteiger partial charge in [-0.1, -0.05) is 18.9 Å². The third-order valence-electron chi connectivity index (χ3n) is 3.48. The van der Waals surface area contributed by atoms with Gasteiger partial charge >= 0.3 is 0 Å². The van der Waals surface area contributed by atoms with Crippen LogP contribution in [0.15, 0.2) is 18.2 Å². The zero-order chi connectivity index (χ0) is 13.7. The van der Waals surface area contributed by atoms with Crippen molar-refractivity contribution >= 4 is 5.69 Å². The van der Waals surface area contributed by atoms with E-state index >= 15 is 0 Å². The maximum Gasteiger partial charge on any atom is 0.146 e. The van der Waals surface area contributed by atoms with E-state index in [1.807, 2.05) is 13.0 Å². The highest BCUT2D eigenvalue weighted by Gasteiger charge is 2.17. The Bertz CT molecular complexity index is 405. The number of benzene rings is 1. The third kappa shape index (κ3) is 4.48. The van der Waals surface area contributed by atoms with E-state index in [-0.39, 0.29) is 5.82 Å². The Morgan fingerprint density at radius 3 is 2.84 bits per heavy atom. The zero-order valence-electron chi connectivity index (χ0n) is 11.4. The van der Waals surface area contributed by atoms with Crippen molar-refractivity contribution in [2.75, 3.05) is 18.5 Å². The summed E-state index contributed by atoms with van der Waals surface area (Å²) in [4.78, 5) is 0. The minimum Gasteiger partial charge on any atom is -0.389 e. The van der Waals surface area contributed by atoms with Crippen molar-refractivity contribution in [1.82, 2.24) is 0 Å². The van der Waals surface area contributed by atoms with Gasteiger partial charge < -0.3 is 15.2 Å². The lowest BCUT2D eigenvalue weighted by Gasteiger charge is -2.16. The van der Waals surface area contributed by atoms with Crippen molar-refractivity contribution in [3.63, 3.8) is 0 Å². The normalized spacial score (nSPS) is 17.6. The van der Waals surface area contributed by atoms with Crippen LogP contribution in [-0.4, -0.2) is 30.5 Å². The number of ether oxygens (including phenoxy) is 1. The van der Waals surface area contributed by atoms with E-state index in [0.29, 0.717) is 24.9 Å². The molecule has 0 radical (unpaired) electrons. The second-order valence-electron chi connectivity index (χ2n) is 5.26. The minimum atomic E-state index is -0.610. The standard InChI is InChI=1S/C15H22FNO2/c1-11-6-7-15(14(16)8-11)17-9-12(18)10-19-13-4-2-3-5-13/h6-8,12-13,17-18H,2-5,9-10H2,1H3. The molecule has 1 atom stereocenters. The van der Waals surface area contributed by atoms with Gasteiger partial charge in [-0.05, 0) is 37.5 Å². The van der Waals surface area contributed by atoms with Gasteiger partial charge in [0.2, 0.25) is 0 Å². The highest BCUT2D eigenvalue weighted by atomic mass is 19.1. The Kier molecular flexibility index (Phi) is 5.16. The van der Waals surface area contributed by atoms with Gasteiger partial charge in [-0.25, -0.2) is 4.39 Å². The van der Waals surface area contributed by atoms with E-state index in [1.165, 1.54) is 18.9 Å². The molecule has 0 bridgehead atoms. The Morgan fingerprint density at radius 2 is 2.16 bits per heavy atom. The predicted molar refractivity (Wildman–Crippen MR) is 73.8 cm³/mol. The maximum absolute atomic E-state index is 13.6. The van der Waals surface area contributed by atoms with Crippen molar-refractivity contribution in [3.05, 3.63) is 29.6 Å². The third-order valence-corrected chi connectivity index (χ3v) is 3.48. The van der Waals surface area contributed by atoms with Crippen molar-refractivity contribution in [1.29, 1.82) is 0 Å². The van der Waals surface area contributed by atoms with E-state index < -0.39 is 6.10 Å². The number of aryl methyl sites for hydroxylation is 1. The van der Waals surface area contributed by atoms with Crippen LogP contribution < -0.4 is 5.32 Å². The first kappa shape index (κ1) is 14.3. The monoisotopic (exact) mass is 267 g/mol. The highest BCUT2D eigenvalue weighted by Crippen LogP contribution is 2.21. The summed E-state index contributed by atoms with van der Waals surface area (Å²) in [6.45, 7) is 2.45. The van der Waals surface area contributed by atoms with Crippen molar-refractivity contribution in [2.45, 2.75) is 44.8 Å². The summed E-state index contributed by atoms with van der Waals surface area (Å²) in [5, 5.41) is 12.7. The Labute approximate surface area is 113 Å². The van der Waals surface area contributed by atoms with Crippen LogP contribution in [-0.2, 0) is 4.74 Å². The predicted octanol–water partition coefficient (Wildman–Crippen LogP) is 2.87. The fourth-order valence-electron chi connectivity index (χ4n) is 2.35. The van der Waals surface area contributed by atoms with Crippen LogP contribution >= 0.6 is 0 Å². The zero-order valence-corrected chi connectivity index (χ0v) is 11.4. The maximum atomic E-state index is 13.6. The van der Waals surface area contributed by atoms with Gasteiger partial charge in [-0.3, -0.25) is 0 Å². The molecule has 0 amide bonds. The summed E-state index contributed by atoms with van der Waals surface area (Å²) >= 11 is 0. The second-order valence-corrected chi connectivity index (χ2v) is 5.26. The van der Waals surface area contributed by atoms with Crippen LogP contribution in [0.5, 0.6) is 0 Å². The summed E-state index contributed by atoms with van der Waals surface area (Å²) in [5.41, 5.74) is 1.30. The Hall–Kier alpha value is -1.13. The molecule has 1 aromatic carbocycles. The lowest BCUT2D eigenvalue weighted by Crippen LogP contribution is -2.27. The molecule has 0 spiro atoms. The second kappa shape index (κ2) is 6.87. The summed E-state index contributed by atoms with van der Waals surface area (Å²) in [7, 11) is 0. The molecular weight excluding hydrogens is 245 g/mol. The molecule has 2 N–H and O–H groups in total. The lowest BCUT2D eigenvalue weighted by molar-refractivity contribution is -0.00119. The first-order chi connectivity index (χ1) is 9.15. The number of nitrogens with one attached hydrogen (secondary N) is 1. The number of aliphatic hydroxyl groups is 1. The molecule has 1 aromatic rings. The molecule has 0 aromatic heterocycles. The molecule has 3 nitrogen and oxygen atoms in total. The average molecular weight is 267 g/mol. The van der Waals surface area contributed by atoms with Gasteiger partial charge in [0.15, 0.2) is 0 Å². The van der Waals surface area contributed by atoms with Crippen molar-refractivity contribution in [3.8, 4) is 0 Å². The smallest absolute Gasteiger partial charge is 0.146 e. The number of halogens is 1. The van der Waals surface area contributed by atoms with Crippen molar-refractivity contribution in [2.24, 2.45) is 0 Å². The van der Waals surface area contributed by atoms with Gasteiger partial charge in [-0.2, -0.15) is 0 Å². The first-order valence-electron chi connectivity index (χ1n) is 6.95. The largest absolute Gasteiger partial charge is 0.389 e. The summed E-state index contributed by atoms with van der Waals surface area (Å²) in [5.74, 6) is -0.288. The van der Waals surface area contributed by atoms with Gasteiger partial charge in [-0.15, -0.1) is 0 Å². The molecule has 1 saturated carbocycles. The van der Waals surface area contributed by atoms with Crippen LogP contribution in [0.3, 0.4) is 0 Å². The van der Waals surface area contributed by atoms with Gasteiger partial charge in [0, 0.05) is 6.54 Å². The molecule has 1 aliphatic rings. The molecule has 1 unspecified atom stereocenters. The Morgan fingerprint density at radius 1 is 1.42 bits per heavy atom. The number of rotatable bonds is 6. The number of anilines is 1. The fraction of sp³-hybridized carbons (Fsp3) is 0.600. The van der Waals surface area contributed by atoms with E-state index in [9.17, 15) is 9.50 Å². The van der Waals surface area contributed by atoms with Crippen LogP contribution in [0, 0.1) is 12.7 Å². The van der Waals surface area contributed by atoms with E-state index in [4.69, 9.17) is 4.74 Å². The van der Waals surface area contributed by atoms with E-state index in [0.717, 1.165) is 18.4 Å². The van der Waals surface area contributed by atoms with Crippen LogP contribution in [0.25, 0.3) is 0 Å². The average Bonchev–Trinajstić information content (AvgIpc) is 2.88. The first-order valence-corrected chi connectivity index (χ1v) is 6.95. The Balaban J connectivity index is 1.71. The number of hydrogen-bond acceptors (Lipinski definition) is 3. The molecular formula is C15H22FNO2. The molecule has 2 rings (SSSR count). The van der Waals surface area contributed by atoms with Crippen LogP contribution in [0.2, 0.25) is 0 Å². The summed E-state index contributed by atoms with van der Waals surface area (Å²) < 4.78 is 19.2. The topological polar surface area (TPSA) is 41.5 Å². The molecule has 19 heavy (non-hydrogen) atoms. The summed E-state index contributed by atoms with van der Waals surface area (Å²) in [6, 6.07) is 5.01. The lowest BCUT2D eigenvalue weighted by atomic mass is 10.2. The molecule has 0 saturated heterocycles. The minimum absolute atomic E-state index is 0.288. The van der Waals surface area contributed by atoms with Crippen LogP contribution in [0.4, 0.5) is 10.1 Å². The van der Waals surface area contributed by atoms with E-state index in [1.54, 1.807) is 6.07 Å². The quantitative estimate of drug-likeness (QED) is 0.832. The fourth-order valence-corrected chi connectivity index (χ4v) is 2.35. The molecule has 4 heteroatoms. The van der Waals surface area contributed by atoms with Crippen molar-refractivity contribution < 1.29 is 14.2 Å². The molecule has 0 heterocycles. The van der Waals surface area contributed by atoms with Gasteiger partial charge in [0.25, 0.3) is 0 Å². The molecule has 0 aliphatic heterocycles. The number of hydrogen-bond donors (Lipinski definition) is 2. The number of aliphatic hydroxyl groups excluding tert-OH is 1. The molecule has 1 aliphatic carbocycles. The van der Waals surface area contributed by atoms with Gasteiger partial charge in [0.05, 0.1) is 24.5 Å². The SMILES string of the molecule is Cc1ccc(NCC(O)COC2CCCC2)c(F)c1. The molecule has 106 valence electrons. The van der Waals surface area contributed by atoms with Crippen LogP contribution in [0.1, 0.15) is 31.2 Å².